The number of aliphatic hydroxyl groups is 5. The molecule has 9 nitrogen and oxygen atoms in total. The van der Waals surface area contributed by atoms with Crippen molar-refractivity contribution in [3.05, 3.63) is 0 Å². The Balaban J connectivity index is 2.00. The van der Waals surface area contributed by atoms with Crippen LogP contribution in [0.25, 0.3) is 0 Å². The Morgan fingerprint density at radius 2 is 0.549 bits per heavy atom. The van der Waals surface area contributed by atoms with Crippen LogP contribution in [-0.2, 0) is 14.3 Å². The van der Waals surface area contributed by atoms with Crippen LogP contribution in [0.3, 0.4) is 0 Å². The van der Waals surface area contributed by atoms with Crippen molar-refractivity contribution in [2.75, 3.05) is 13.2 Å². The van der Waals surface area contributed by atoms with Crippen molar-refractivity contribution in [3.63, 3.8) is 0 Å². The SMILES string of the molecule is CCCCCCCCCCCCCCCCCCCCCCCCCCCCCCCCCCCCCCCCCCCC(=O)NC(COC1OC(CO)C(O)C(O)C1O)C(O)CCCCCCCCCCCCCCCCCCCCCCCCCCCCC. The predicted octanol–water partition coefficient (Wildman–Crippen LogP) is 24.0. The number of aliphatic hydroxyl groups excluding tert-OH is 5. The Morgan fingerprint density at radius 1 is 0.330 bits per heavy atom. The van der Waals surface area contributed by atoms with E-state index in [1.807, 2.05) is 0 Å². The molecule has 0 aromatic rings. The maximum atomic E-state index is 13.2. The van der Waals surface area contributed by atoms with Gasteiger partial charge in [-0.15, -0.1) is 0 Å². The molecule has 0 aliphatic carbocycles. The lowest BCUT2D eigenvalue weighted by molar-refractivity contribution is -0.302. The third kappa shape index (κ3) is 60.1. The summed E-state index contributed by atoms with van der Waals surface area (Å²) in [6.07, 6.45) is 86.7. The second kappa shape index (κ2) is 71.9. The van der Waals surface area contributed by atoms with Crippen molar-refractivity contribution in [2.24, 2.45) is 0 Å². The number of rotatable bonds is 76. The summed E-state index contributed by atoms with van der Waals surface area (Å²) in [7, 11) is 0. The van der Waals surface area contributed by atoms with Gasteiger partial charge < -0.3 is 40.3 Å². The molecule has 0 aromatic carbocycles. The van der Waals surface area contributed by atoms with E-state index in [2.05, 4.69) is 19.2 Å². The maximum Gasteiger partial charge on any atom is 0.220 e. The van der Waals surface area contributed by atoms with Crippen molar-refractivity contribution in [1.82, 2.24) is 5.32 Å². The van der Waals surface area contributed by atoms with E-state index in [-0.39, 0.29) is 12.5 Å². The van der Waals surface area contributed by atoms with Gasteiger partial charge in [-0.25, -0.2) is 0 Å². The lowest BCUT2D eigenvalue weighted by Gasteiger charge is -2.40. The molecule has 544 valence electrons. The molecule has 1 aliphatic heterocycles. The van der Waals surface area contributed by atoms with Gasteiger partial charge in [-0.3, -0.25) is 4.79 Å². The van der Waals surface area contributed by atoms with E-state index in [9.17, 15) is 30.3 Å². The van der Waals surface area contributed by atoms with Gasteiger partial charge in [0.15, 0.2) is 6.29 Å². The van der Waals surface area contributed by atoms with Crippen LogP contribution in [0.1, 0.15) is 463 Å². The molecule has 7 atom stereocenters. The highest BCUT2D eigenvalue weighted by atomic mass is 16.7. The summed E-state index contributed by atoms with van der Waals surface area (Å²) in [5.74, 6) is -0.131. The number of carbonyl (C=O) groups excluding carboxylic acids is 1. The van der Waals surface area contributed by atoms with E-state index >= 15 is 0 Å². The van der Waals surface area contributed by atoms with E-state index in [0.29, 0.717) is 12.8 Å². The summed E-state index contributed by atoms with van der Waals surface area (Å²) < 4.78 is 11.4. The lowest BCUT2D eigenvalue weighted by atomic mass is 9.99. The molecule has 0 saturated carbocycles. The zero-order chi connectivity index (χ0) is 65.7. The monoisotopic (exact) mass is 1290 g/mol. The van der Waals surface area contributed by atoms with Gasteiger partial charge in [0.2, 0.25) is 5.91 Å². The molecule has 1 aliphatic rings. The number of unbranched alkanes of at least 4 members (excludes halogenated alkanes) is 66. The zero-order valence-corrected chi connectivity index (χ0v) is 61.4. The van der Waals surface area contributed by atoms with Crippen molar-refractivity contribution in [1.29, 1.82) is 0 Å². The summed E-state index contributed by atoms with van der Waals surface area (Å²) in [6, 6.07) is -0.716. The van der Waals surface area contributed by atoms with Crippen LogP contribution in [0.4, 0.5) is 0 Å². The van der Waals surface area contributed by atoms with Crippen LogP contribution < -0.4 is 5.32 Å². The van der Waals surface area contributed by atoms with E-state index in [1.54, 1.807) is 0 Å². The Labute approximate surface area is 567 Å². The minimum Gasteiger partial charge on any atom is -0.394 e. The Hall–Kier alpha value is -0.810. The first-order valence-corrected chi connectivity index (χ1v) is 41.7. The molecule has 1 fully saturated rings. The number of hydrogen-bond donors (Lipinski definition) is 6. The lowest BCUT2D eigenvalue weighted by Crippen LogP contribution is -2.60. The minimum atomic E-state index is -1.55. The zero-order valence-electron chi connectivity index (χ0n) is 61.4. The molecular weight excluding hydrogens is 1130 g/mol. The quantitative estimate of drug-likeness (QED) is 0.0330. The summed E-state index contributed by atoms with van der Waals surface area (Å²) in [4.78, 5) is 13.2. The second-order valence-electron chi connectivity index (χ2n) is 29.6. The molecule has 9 heteroatoms. The molecule has 0 radical (unpaired) electrons. The molecule has 0 aromatic heterocycles. The minimum absolute atomic E-state index is 0.130. The van der Waals surface area contributed by atoms with Crippen molar-refractivity contribution in [2.45, 2.75) is 506 Å². The molecule has 0 bridgehead atoms. The third-order valence-electron chi connectivity index (χ3n) is 20.7. The number of ether oxygens (including phenoxy) is 2. The molecule has 1 saturated heterocycles. The normalized spacial score (nSPS) is 17.5. The van der Waals surface area contributed by atoms with Crippen molar-refractivity contribution in [3.8, 4) is 0 Å². The van der Waals surface area contributed by atoms with Gasteiger partial charge in [-0.2, -0.15) is 0 Å². The molecule has 6 N–H and O–H groups in total. The smallest absolute Gasteiger partial charge is 0.220 e. The van der Waals surface area contributed by atoms with Gasteiger partial charge in [-0.1, -0.05) is 444 Å². The fourth-order valence-electron chi connectivity index (χ4n) is 14.2. The van der Waals surface area contributed by atoms with Gasteiger partial charge >= 0.3 is 0 Å². The first-order chi connectivity index (χ1) is 44.8. The summed E-state index contributed by atoms with van der Waals surface area (Å²) in [5, 5.41) is 55.1. The van der Waals surface area contributed by atoms with Crippen LogP contribution >= 0.6 is 0 Å². The van der Waals surface area contributed by atoms with E-state index < -0.39 is 49.5 Å². The van der Waals surface area contributed by atoms with E-state index in [4.69, 9.17) is 9.47 Å². The van der Waals surface area contributed by atoms with Crippen LogP contribution in [0.5, 0.6) is 0 Å². The number of carbonyl (C=O) groups is 1. The number of amides is 1. The number of hydrogen-bond acceptors (Lipinski definition) is 8. The second-order valence-corrected chi connectivity index (χ2v) is 29.6. The Bertz CT molecular complexity index is 1400. The molecule has 1 amide bonds. The van der Waals surface area contributed by atoms with E-state index in [0.717, 1.165) is 38.5 Å². The molecule has 1 heterocycles. The maximum absolute atomic E-state index is 13.2. The third-order valence-corrected chi connectivity index (χ3v) is 20.7. The molecular formula is C82H163NO8. The van der Waals surface area contributed by atoms with Crippen LogP contribution in [-0.4, -0.2) is 87.5 Å². The van der Waals surface area contributed by atoms with E-state index in [1.165, 1.54) is 398 Å². The predicted molar refractivity (Wildman–Crippen MR) is 392 cm³/mol. The fourth-order valence-corrected chi connectivity index (χ4v) is 14.2. The molecule has 1 rings (SSSR count). The highest BCUT2D eigenvalue weighted by molar-refractivity contribution is 5.76. The van der Waals surface area contributed by atoms with Gasteiger partial charge in [-0.05, 0) is 12.8 Å². The first kappa shape index (κ1) is 88.2. The Morgan fingerprint density at radius 3 is 0.780 bits per heavy atom. The summed E-state index contributed by atoms with van der Waals surface area (Å²) >= 11 is 0. The van der Waals surface area contributed by atoms with Crippen LogP contribution in [0, 0.1) is 0 Å². The highest BCUT2D eigenvalue weighted by Crippen LogP contribution is 2.25. The average Bonchev–Trinajstić information content (AvgIpc) is 1.58. The highest BCUT2D eigenvalue weighted by Gasteiger charge is 2.44. The topological polar surface area (TPSA) is 149 Å². The standard InChI is InChI=1S/C82H163NO8/c1-3-5-7-9-11-13-15-17-19-21-23-25-27-29-31-32-33-34-35-36-37-38-39-40-41-42-43-44-46-48-50-52-54-56-58-60-62-64-66-68-70-72-78(86)83-75(74-90-82-81(89)80(88)79(87)77(73-84)91-82)76(85)71-69-67-65-63-61-59-57-55-53-51-49-47-45-30-28-26-24-22-20-18-16-14-12-10-8-6-4-2/h75-77,79-82,84-85,87-89H,3-74H2,1-2H3,(H,83,86). The molecule has 7 unspecified atom stereocenters. The largest absolute Gasteiger partial charge is 0.394 e. The summed E-state index contributed by atoms with van der Waals surface area (Å²) in [5.41, 5.74) is 0. The fraction of sp³-hybridized carbons (Fsp3) is 0.988. The van der Waals surface area contributed by atoms with Crippen LogP contribution in [0.15, 0.2) is 0 Å². The number of nitrogens with one attached hydrogen (secondary N) is 1. The van der Waals surface area contributed by atoms with Crippen molar-refractivity contribution < 1.29 is 39.8 Å². The molecule has 91 heavy (non-hydrogen) atoms. The summed E-state index contributed by atoms with van der Waals surface area (Å²) in [6.45, 7) is 3.92. The Kier molecular flexibility index (Phi) is 69.7. The average molecular weight is 1290 g/mol. The van der Waals surface area contributed by atoms with Crippen molar-refractivity contribution >= 4 is 5.91 Å². The van der Waals surface area contributed by atoms with Crippen LogP contribution in [0.2, 0.25) is 0 Å². The van der Waals surface area contributed by atoms with Gasteiger partial charge in [0, 0.05) is 6.42 Å². The van der Waals surface area contributed by atoms with Gasteiger partial charge in [0.1, 0.15) is 24.4 Å². The van der Waals surface area contributed by atoms with Gasteiger partial charge in [0.05, 0.1) is 25.4 Å². The first-order valence-electron chi connectivity index (χ1n) is 41.7. The molecule has 0 spiro atoms. The van der Waals surface area contributed by atoms with Gasteiger partial charge in [0.25, 0.3) is 0 Å².